The van der Waals surface area contributed by atoms with Crippen LogP contribution in [0.25, 0.3) is 6.08 Å². The fourth-order valence-electron chi connectivity index (χ4n) is 1.88. The van der Waals surface area contributed by atoms with Gasteiger partial charge in [-0.2, -0.15) is 0 Å². The fourth-order valence-corrected chi connectivity index (χ4v) is 2.81. The molecule has 0 bridgehead atoms. The van der Waals surface area contributed by atoms with Crippen molar-refractivity contribution in [3.8, 4) is 0 Å². The Bertz CT molecular complexity index is 701. The van der Waals surface area contributed by atoms with E-state index in [0.717, 1.165) is 9.75 Å². The van der Waals surface area contributed by atoms with Gasteiger partial charge in [0.1, 0.15) is 0 Å². The highest BCUT2D eigenvalue weighted by molar-refractivity contribution is 7.12. The molecule has 0 unspecified atom stereocenters. The van der Waals surface area contributed by atoms with E-state index in [1.807, 2.05) is 19.9 Å². The van der Waals surface area contributed by atoms with E-state index < -0.39 is 4.92 Å². The summed E-state index contributed by atoms with van der Waals surface area (Å²) in [5, 5.41) is 10.7. The molecule has 0 saturated carbocycles. The average Bonchev–Trinajstić information content (AvgIpc) is 2.75. The maximum Gasteiger partial charge on any atom is 0.270 e. The second kappa shape index (κ2) is 5.79. The molecule has 0 amide bonds. The van der Waals surface area contributed by atoms with Gasteiger partial charge in [0.05, 0.1) is 4.92 Å². The number of hydrogen-bond acceptors (Lipinski definition) is 4. The summed E-state index contributed by atoms with van der Waals surface area (Å²) in [7, 11) is 0. The third kappa shape index (κ3) is 3.19. The summed E-state index contributed by atoms with van der Waals surface area (Å²) >= 11 is 1.58. The van der Waals surface area contributed by atoms with Crippen molar-refractivity contribution < 1.29 is 9.72 Å². The molecule has 0 saturated heterocycles. The molecule has 1 heterocycles. The predicted octanol–water partition coefficient (Wildman–Crippen LogP) is 4.17. The van der Waals surface area contributed by atoms with E-state index in [1.165, 1.54) is 18.2 Å². The van der Waals surface area contributed by atoms with E-state index >= 15 is 0 Å². The van der Waals surface area contributed by atoms with Crippen LogP contribution in [0.5, 0.6) is 0 Å². The molecule has 0 aliphatic carbocycles. The van der Waals surface area contributed by atoms with Crippen molar-refractivity contribution in [1.82, 2.24) is 0 Å². The lowest BCUT2D eigenvalue weighted by atomic mass is 10.1. The van der Waals surface area contributed by atoms with Gasteiger partial charge in [-0.15, -0.1) is 11.3 Å². The maximum absolute atomic E-state index is 12.1. The van der Waals surface area contributed by atoms with Crippen LogP contribution in [0.1, 0.15) is 25.7 Å². The van der Waals surface area contributed by atoms with Gasteiger partial charge >= 0.3 is 0 Å². The molecular formula is C15H13NO3S. The summed E-state index contributed by atoms with van der Waals surface area (Å²) in [6, 6.07) is 8.05. The van der Waals surface area contributed by atoms with Crippen molar-refractivity contribution in [3.63, 3.8) is 0 Å². The number of nitrogens with zero attached hydrogens (tertiary/aromatic N) is 1. The van der Waals surface area contributed by atoms with Crippen molar-refractivity contribution >= 4 is 28.9 Å². The van der Waals surface area contributed by atoms with Crippen LogP contribution in [0.3, 0.4) is 0 Å². The molecular weight excluding hydrogens is 274 g/mol. The minimum Gasteiger partial charge on any atom is -0.289 e. The molecule has 0 fully saturated rings. The van der Waals surface area contributed by atoms with Crippen LogP contribution in [0.4, 0.5) is 5.69 Å². The molecule has 102 valence electrons. The third-order valence-electron chi connectivity index (χ3n) is 2.81. The summed E-state index contributed by atoms with van der Waals surface area (Å²) in [5.41, 5.74) is 1.34. The van der Waals surface area contributed by atoms with Gasteiger partial charge in [-0.1, -0.05) is 18.2 Å². The fraction of sp³-hybridized carbons (Fsp3) is 0.133. The summed E-state index contributed by atoms with van der Waals surface area (Å²) in [4.78, 5) is 24.4. The van der Waals surface area contributed by atoms with Crippen molar-refractivity contribution in [2.75, 3.05) is 0 Å². The highest BCUT2D eigenvalue weighted by Crippen LogP contribution is 2.22. The van der Waals surface area contributed by atoms with E-state index in [0.29, 0.717) is 11.1 Å². The number of aryl methyl sites for hydroxylation is 2. The van der Waals surface area contributed by atoms with Crippen molar-refractivity contribution in [2.45, 2.75) is 13.8 Å². The van der Waals surface area contributed by atoms with Crippen molar-refractivity contribution in [3.05, 3.63) is 67.4 Å². The van der Waals surface area contributed by atoms with Gasteiger partial charge in [0, 0.05) is 27.5 Å². The molecule has 1 aromatic carbocycles. The molecule has 2 rings (SSSR count). The number of allylic oxidation sites excluding steroid dienone is 1. The first kappa shape index (κ1) is 14.1. The number of thiophene rings is 1. The Kier molecular flexibility index (Phi) is 4.10. The SMILES string of the molecule is Cc1cc(C(=O)/C=C/c2cccc([N+](=O)[O-])c2)c(C)s1. The highest BCUT2D eigenvalue weighted by Gasteiger charge is 2.09. The van der Waals surface area contributed by atoms with Crippen LogP contribution in [-0.4, -0.2) is 10.7 Å². The quantitative estimate of drug-likeness (QED) is 0.367. The summed E-state index contributed by atoms with van der Waals surface area (Å²) in [6.45, 7) is 3.87. The zero-order chi connectivity index (χ0) is 14.7. The van der Waals surface area contributed by atoms with E-state index in [1.54, 1.807) is 29.5 Å². The number of ketones is 1. The van der Waals surface area contributed by atoms with E-state index in [-0.39, 0.29) is 11.5 Å². The summed E-state index contributed by atoms with van der Waals surface area (Å²) in [5.74, 6) is -0.0849. The van der Waals surface area contributed by atoms with E-state index in [9.17, 15) is 14.9 Å². The van der Waals surface area contributed by atoms with Crippen LogP contribution in [0.2, 0.25) is 0 Å². The van der Waals surface area contributed by atoms with Gasteiger partial charge in [0.25, 0.3) is 5.69 Å². The number of nitro benzene ring substituents is 1. The molecule has 0 N–H and O–H groups in total. The third-order valence-corrected chi connectivity index (χ3v) is 3.78. The van der Waals surface area contributed by atoms with Gasteiger partial charge in [-0.05, 0) is 31.6 Å². The first-order valence-electron chi connectivity index (χ1n) is 6.01. The van der Waals surface area contributed by atoms with Gasteiger partial charge in [0.15, 0.2) is 5.78 Å². The van der Waals surface area contributed by atoms with Gasteiger partial charge < -0.3 is 0 Å². The second-order valence-corrected chi connectivity index (χ2v) is 5.84. The Balaban J connectivity index is 2.21. The predicted molar refractivity (Wildman–Crippen MR) is 80.3 cm³/mol. The van der Waals surface area contributed by atoms with Crippen LogP contribution < -0.4 is 0 Å². The monoisotopic (exact) mass is 287 g/mol. The molecule has 4 nitrogen and oxygen atoms in total. The van der Waals surface area contributed by atoms with Crippen molar-refractivity contribution in [1.29, 1.82) is 0 Å². The smallest absolute Gasteiger partial charge is 0.270 e. The van der Waals surface area contributed by atoms with Gasteiger partial charge in [-0.25, -0.2) is 0 Å². The number of benzene rings is 1. The molecule has 0 aliphatic heterocycles. The molecule has 20 heavy (non-hydrogen) atoms. The first-order valence-corrected chi connectivity index (χ1v) is 6.83. The lowest BCUT2D eigenvalue weighted by Crippen LogP contribution is -1.93. The summed E-state index contributed by atoms with van der Waals surface area (Å²) in [6.07, 6.45) is 3.05. The number of carbonyl (C=O) groups is 1. The number of carbonyl (C=O) groups excluding carboxylic acids is 1. The Morgan fingerprint density at radius 2 is 2.05 bits per heavy atom. The van der Waals surface area contributed by atoms with Crippen LogP contribution in [0.15, 0.2) is 36.4 Å². The number of non-ortho nitro benzene ring substituents is 1. The largest absolute Gasteiger partial charge is 0.289 e. The molecule has 0 aliphatic rings. The molecule has 0 spiro atoms. The highest BCUT2D eigenvalue weighted by atomic mass is 32.1. The topological polar surface area (TPSA) is 60.2 Å². The van der Waals surface area contributed by atoms with Crippen molar-refractivity contribution in [2.24, 2.45) is 0 Å². The standard InChI is InChI=1S/C15H13NO3S/c1-10-8-14(11(2)20-10)15(17)7-6-12-4-3-5-13(9-12)16(18)19/h3-9H,1-2H3/b7-6+. The Hall–Kier alpha value is -2.27. The second-order valence-electron chi connectivity index (χ2n) is 4.38. The average molecular weight is 287 g/mol. The van der Waals surface area contributed by atoms with Crippen LogP contribution in [-0.2, 0) is 0 Å². The number of nitro groups is 1. The number of hydrogen-bond donors (Lipinski definition) is 0. The van der Waals surface area contributed by atoms with E-state index in [4.69, 9.17) is 0 Å². The number of rotatable bonds is 4. The minimum atomic E-state index is -0.453. The molecule has 1 aromatic heterocycles. The zero-order valence-corrected chi connectivity index (χ0v) is 11.9. The molecule has 0 radical (unpaired) electrons. The lowest BCUT2D eigenvalue weighted by Gasteiger charge is -1.95. The van der Waals surface area contributed by atoms with Crippen LogP contribution >= 0.6 is 11.3 Å². The van der Waals surface area contributed by atoms with E-state index in [2.05, 4.69) is 0 Å². The summed E-state index contributed by atoms with van der Waals surface area (Å²) < 4.78 is 0. The molecule has 5 heteroatoms. The maximum atomic E-state index is 12.1. The molecule has 2 aromatic rings. The van der Waals surface area contributed by atoms with Gasteiger partial charge in [0.2, 0.25) is 0 Å². The Morgan fingerprint density at radius 1 is 1.30 bits per heavy atom. The normalized spacial score (nSPS) is 10.9. The first-order chi connectivity index (χ1) is 9.47. The zero-order valence-electron chi connectivity index (χ0n) is 11.1. The minimum absolute atomic E-state index is 0.0159. The lowest BCUT2D eigenvalue weighted by molar-refractivity contribution is -0.384. The Morgan fingerprint density at radius 3 is 2.65 bits per heavy atom. The molecule has 0 atom stereocenters. The van der Waals surface area contributed by atoms with Gasteiger partial charge in [-0.3, -0.25) is 14.9 Å². The van der Waals surface area contributed by atoms with Crippen LogP contribution in [0, 0.1) is 24.0 Å². The Labute approximate surface area is 120 Å².